The summed E-state index contributed by atoms with van der Waals surface area (Å²) in [7, 11) is 0. The number of ether oxygens (including phenoxy) is 1. The van der Waals surface area contributed by atoms with Gasteiger partial charge in [0, 0.05) is 29.3 Å². The minimum absolute atomic E-state index is 0.496. The Hall–Kier alpha value is -2.32. The van der Waals surface area contributed by atoms with Crippen molar-refractivity contribution in [2.24, 2.45) is 0 Å². The van der Waals surface area contributed by atoms with Gasteiger partial charge < -0.3 is 9.64 Å². The van der Waals surface area contributed by atoms with Crippen LogP contribution in [0.4, 0.5) is 5.82 Å². The van der Waals surface area contributed by atoms with Crippen LogP contribution in [-0.4, -0.2) is 18.1 Å². The van der Waals surface area contributed by atoms with Gasteiger partial charge in [-0.2, -0.15) is 5.26 Å². The molecule has 0 spiro atoms. The molecule has 1 heterocycles. The fourth-order valence-electron chi connectivity index (χ4n) is 2.21. The highest BCUT2D eigenvalue weighted by molar-refractivity contribution is 9.10. The fourth-order valence-corrected chi connectivity index (χ4v) is 2.62. The van der Waals surface area contributed by atoms with E-state index in [9.17, 15) is 0 Å². The molecule has 1 aromatic carbocycles. The number of aromatic nitrogens is 1. The Bertz CT molecular complexity index is 750. The van der Waals surface area contributed by atoms with E-state index in [1.54, 1.807) is 12.3 Å². The largest absolute Gasteiger partial charge is 0.489 e. The second-order valence-corrected chi connectivity index (χ2v) is 6.44. The summed E-state index contributed by atoms with van der Waals surface area (Å²) < 4.78 is 6.86. The van der Waals surface area contributed by atoms with E-state index in [2.05, 4.69) is 51.5 Å². The lowest BCUT2D eigenvalue weighted by Gasteiger charge is -2.23. The van der Waals surface area contributed by atoms with Gasteiger partial charge in [0.25, 0.3) is 0 Å². The van der Waals surface area contributed by atoms with Crippen molar-refractivity contribution in [3.63, 3.8) is 0 Å². The molecule has 24 heavy (non-hydrogen) atoms. The monoisotopic (exact) mass is 385 g/mol. The first-order valence-corrected chi connectivity index (χ1v) is 8.49. The molecule has 2 aromatic rings. The zero-order valence-corrected chi connectivity index (χ0v) is 15.5. The maximum absolute atomic E-state index is 8.90. The summed E-state index contributed by atoms with van der Waals surface area (Å²) in [5.41, 5.74) is 2.60. The fraction of sp³-hybridized carbons (Fsp3) is 0.263. The van der Waals surface area contributed by atoms with Gasteiger partial charge in [0.15, 0.2) is 0 Å². The van der Waals surface area contributed by atoms with Crippen LogP contribution in [0.2, 0.25) is 0 Å². The summed E-state index contributed by atoms with van der Waals surface area (Å²) in [5, 5.41) is 8.90. The van der Waals surface area contributed by atoms with Crippen LogP contribution in [0, 0.1) is 11.3 Å². The van der Waals surface area contributed by atoms with Crippen LogP contribution in [0.25, 0.3) is 0 Å². The zero-order valence-electron chi connectivity index (χ0n) is 13.9. The van der Waals surface area contributed by atoms with E-state index < -0.39 is 0 Å². The average molecular weight is 386 g/mol. The molecular weight excluding hydrogens is 366 g/mol. The molecular formula is C19H20BrN3O. The first kappa shape index (κ1) is 18.0. The summed E-state index contributed by atoms with van der Waals surface area (Å²) >= 11 is 3.52. The smallest absolute Gasteiger partial charge is 0.128 e. The van der Waals surface area contributed by atoms with Gasteiger partial charge in [-0.15, -0.1) is 0 Å². The molecule has 124 valence electrons. The maximum atomic E-state index is 8.90. The Labute approximate surface area is 151 Å². The number of rotatable bonds is 7. The molecule has 0 N–H and O–H groups in total. The maximum Gasteiger partial charge on any atom is 0.128 e. The van der Waals surface area contributed by atoms with Crippen molar-refractivity contribution in [3.05, 3.63) is 64.3 Å². The highest BCUT2D eigenvalue weighted by atomic mass is 79.9. The van der Waals surface area contributed by atoms with E-state index in [-0.39, 0.29) is 0 Å². The third kappa shape index (κ3) is 4.84. The molecule has 2 rings (SSSR count). The molecule has 0 fully saturated rings. The van der Waals surface area contributed by atoms with Crippen LogP contribution in [0.3, 0.4) is 0 Å². The minimum Gasteiger partial charge on any atom is -0.489 e. The SMILES string of the molecule is C=C(C)COc1ccc(Br)cc1CN(CC)c1ccc(C#N)cn1. The van der Waals surface area contributed by atoms with Crippen LogP contribution in [0.15, 0.2) is 53.2 Å². The standard InChI is InChI=1S/C19H20BrN3O/c1-4-23(19-8-5-15(10-21)11-22-19)12-16-9-17(20)6-7-18(16)24-13-14(2)3/h5-9,11H,2,4,12-13H2,1,3H3. The molecule has 0 saturated heterocycles. The minimum atomic E-state index is 0.496. The number of benzene rings is 1. The molecule has 0 amide bonds. The van der Waals surface area contributed by atoms with Gasteiger partial charge in [-0.3, -0.25) is 0 Å². The van der Waals surface area contributed by atoms with Gasteiger partial charge in [0.1, 0.15) is 24.2 Å². The lowest BCUT2D eigenvalue weighted by atomic mass is 10.2. The van der Waals surface area contributed by atoms with Crippen molar-refractivity contribution in [2.75, 3.05) is 18.1 Å². The molecule has 0 unspecified atom stereocenters. The molecule has 5 heteroatoms. The molecule has 0 saturated carbocycles. The topological polar surface area (TPSA) is 49.1 Å². The summed E-state index contributed by atoms with van der Waals surface area (Å²) in [6.45, 7) is 9.85. The summed E-state index contributed by atoms with van der Waals surface area (Å²) in [6.07, 6.45) is 1.59. The van der Waals surface area contributed by atoms with Crippen LogP contribution < -0.4 is 9.64 Å². The number of halogens is 1. The third-order valence-corrected chi connectivity index (χ3v) is 3.93. The van der Waals surface area contributed by atoms with E-state index >= 15 is 0 Å². The molecule has 0 atom stereocenters. The van der Waals surface area contributed by atoms with Crippen molar-refractivity contribution in [1.82, 2.24) is 4.98 Å². The Morgan fingerprint density at radius 1 is 1.38 bits per heavy atom. The second kappa shape index (κ2) is 8.51. The third-order valence-electron chi connectivity index (χ3n) is 3.44. The van der Waals surface area contributed by atoms with Gasteiger partial charge in [-0.25, -0.2) is 4.98 Å². The van der Waals surface area contributed by atoms with E-state index in [1.165, 1.54) is 0 Å². The highest BCUT2D eigenvalue weighted by Gasteiger charge is 2.12. The van der Waals surface area contributed by atoms with Crippen LogP contribution >= 0.6 is 15.9 Å². The summed E-state index contributed by atoms with van der Waals surface area (Å²) in [4.78, 5) is 6.52. The molecule has 4 nitrogen and oxygen atoms in total. The predicted octanol–water partition coefficient (Wildman–Crippen LogP) is 4.70. The van der Waals surface area contributed by atoms with E-state index in [4.69, 9.17) is 10.00 Å². The van der Waals surface area contributed by atoms with Gasteiger partial charge in [-0.1, -0.05) is 22.5 Å². The van der Waals surface area contributed by atoms with Gasteiger partial charge >= 0.3 is 0 Å². The van der Waals surface area contributed by atoms with Crippen LogP contribution in [-0.2, 0) is 6.54 Å². The molecule has 0 radical (unpaired) electrons. The van der Waals surface area contributed by atoms with E-state index in [0.29, 0.717) is 18.7 Å². The van der Waals surface area contributed by atoms with E-state index in [1.807, 2.05) is 25.1 Å². The van der Waals surface area contributed by atoms with Crippen LogP contribution in [0.5, 0.6) is 5.75 Å². The molecule has 0 aliphatic heterocycles. The lowest BCUT2D eigenvalue weighted by molar-refractivity contribution is 0.348. The van der Waals surface area contributed by atoms with Crippen molar-refractivity contribution >= 4 is 21.7 Å². The normalized spacial score (nSPS) is 10.1. The van der Waals surface area contributed by atoms with Crippen molar-refractivity contribution in [2.45, 2.75) is 20.4 Å². The van der Waals surface area contributed by atoms with Gasteiger partial charge in [0.2, 0.25) is 0 Å². The van der Waals surface area contributed by atoms with Crippen molar-refractivity contribution < 1.29 is 4.74 Å². The number of hydrogen-bond acceptors (Lipinski definition) is 4. The first-order valence-electron chi connectivity index (χ1n) is 7.70. The number of anilines is 1. The molecule has 1 aromatic heterocycles. The Kier molecular flexibility index (Phi) is 6.39. The number of nitriles is 1. The molecule has 0 aliphatic carbocycles. The Morgan fingerprint density at radius 3 is 2.75 bits per heavy atom. The summed E-state index contributed by atoms with van der Waals surface area (Å²) in [5.74, 6) is 1.68. The number of nitrogens with zero attached hydrogens (tertiary/aromatic N) is 3. The van der Waals surface area contributed by atoms with E-state index in [0.717, 1.165) is 33.7 Å². The first-order chi connectivity index (χ1) is 11.5. The van der Waals surface area contributed by atoms with Crippen molar-refractivity contribution in [3.8, 4) is 11.8 Å². The quantitative estimate of drug-likeness (QED) is 0.648. The summed E-state index contributed by atoms with van der Waals surface area (Å²) in [6, 6.07) is 11.7. The number of pyridine rings is 1. The zero-order chi connectivity index (χ0) is 17.5. The highest BCUT2D eigenvalue weighted by Crippen LogP contribution is 2.26. The second-order valence-electron chi connectivity index (χ2n) is 5.53. The molecule has 0 aliphatic rings. The van der Waals surface area contributed by atoms with Crippen LogP contribution in [0.1, 0.15) is 25.0 Å². The Balaban J connectivity index is 2.24. The van der Waals surface area contributed by atoms with Crippen molar-refractivity contribution in [1.29, 1.82) is 5.26 Å². The molecule has 0 bridgehead atoms. The average Bonchev–Trinajstić information content (AvgIpc) is 2.59. The predicted molar refractivity (Wildman–Crippen MR) is 100 cm³/mol. The number of hydrogen-bond donors (Lipinski definition) is 0. The lowest BCUT2D eigenvalue weighted by Crippen LogP contribution is -2.23. The van der Waals surface area contributed by atoms with Gasteiger partial charge in [-0.05, 0) is 49.8 Å². The Morgan fingerprint density at radius 2 is 2.17 bits per heavy atom. The van der Waals surface area contributed by atoms with Gasteiger partial charge in [0.05, 0.1) is 5.56 Å².